The minimum atomic E-state index is 0.333. The van der Waals surface area contributed by atoms with E-state index in [2.05, 4.69) is 17.1 Å². The Morgan fingerprint density at radius 3 is 2.85 bits per heavy atom. The number of anilines is 4. The average molecular weight is 265 g/mol. The molecule has 5 nitrogen and oxygen atoms in total. The second-order valence-electron chi connectivity index (χ2n) is 4.83. The molecular formula is C15H15N5. The number of hydrogen-bond acceptors (Lipinski definition) is 5. The largest absolute Gasteiger partial charge is 0.397 e. The predicted molar refractivity (Wildman–Crippen MR) is 79.5 cm³/mol. The molecule has 3 rings (SSSR count). The summed E-state index contributed by atoms with van der Waals surface area (Å²) in [4.78, 5) is 6.36. The lowest BCUT2D eigenvalue weighted by molar-refractivity contribution is 0.759. The van der Waals surface area contributed by atoms with Crippen molar-refractivity contribution < 1.29 is 0 Å². The molecule has 0 saturated carbocycles. The molecule has 0 radical (unpaired) electrons. The van der Waals surface area contributed by atoms with E-state index in [0.717, 1.165) is 25.1 Å². The molecule has 1 aliphatic rings. The molecule has 1 aromatic heterocycles. The molecule has 0 atom stereocenters. The smallest absolute Gasteiger partial charge is 0.155 e. The van der Waals surface area contributed by atoms with Crippen molar-refractivity contribution in [2.24, 2.45) is 0 Å². The first-order valence-electron chi connectivity index (χ1n) is 6.52. The highest BCUT2D eigenvalue weighted by Gasteiger charge is 2.22. The summed E-state index contributed by atoms with van der Waals surface area (Å²) >= 11 is 0. The fraction of sp³-hybridized carbons (Fsp3) is 0.200. The lowest BCUT2D eigenvalue weighted by Crippen LogP contribution is -2.26. The summed E-state index contributed by atoms with van der Waals surface area (Å²) in [6.07, 6.45) is 2.05. The van der Waals surface area contributed by atoms with Gasteiger partial charge in [-0.15, -0.1) is 0 Å². The maximum absolute atomic E-state index is 9.33. The number of nitrogens with two attached hydrogens (primary N) is 2. The number of nitrogen functional groups attached to an aromatic ring is 2. The third-order valence-electron chi connectivity index (χ3n) is 3.53. The minimum absolute atomic E-state index is 0.333. The summed E-state index contributed by atoms with van der Waals surface area (Å²) in [5.74, 6) is 0.886. The fourth-order valence-electron chi connectivity index (χ4n) is 2.63. The zero-order chi connectivity index (χ0) is 14.1. The normalized spacial score (nSPS) is 13.7. The van der Waals surface area contributed by atoms with Gasteiger partial charge in [0.1, 0.15) is 17.5 Å². The van der Waals surface area contributed by atoms with Gasteiger partial charge in [0.25, 0.3) is 0 Å². The van der Waals surface area contributed by atoms with Gasteiger partial charge >= 0.3 is 0 Å². The number of hydrogen-bond donors (Lipinski definition) is 2. The molecule has 4 N–H and O–H groups in total. The lowest BCUT2D eigenvalue weighted by atomic mass is 10.0. The van der Waals surface area contributed by atoms with Crippen LogP contribution in [0.2, 0.25) is 0 Å². The van der Waals surface area contributed by atoms with Crippen LogP contribution in [-0.2, 0) is 6.42 Å². The van der Waals surface area contributed by atoms with Crippen LogP contribution in [0, 0.1) is 11.3 Å². The van der Waals surface area contributed by atoms with E-state index in [1.54, 1.807) is 0 Å². The molecule has 0 unspecified atom stereocenters. The molecule has 1 aromatic carbocycles. The van der Waals surface area contributed by atoms with E-state index in [1.165, 1.54) is 11.6 Å². The number of aromatic nitrogens is 1. The van der Waals surface area contributed by atoms with Gasteiger partial charge in [-0.3, -0.25) is 0 Å². The summed E-state index contributed by atoms with van der Waals surface area (Å²) in [5.41, 5.74) is 14.8. The first kappa shape index (κ1) is 12.3. The minimum Gasteiger partial charge on any atom is -0.397 e. The van der Waals surface area contributed by atoms with Gasteiger partial charge in [-0.05, 0) is 24.5 Å². The Kier molecular flexibility index (Phi) is 2.92. The number of benzene rings is 1. The zero-order valence-corrected chi connectivity index (χ0v) is 11.0. The molecule has 1 aliphatic heterocycles. The third kappa shape index (κ3) is 1.91. The number of rotatable bonds is 1. The second-order valence-corrected chi connectivity index (χ2v) is 4.83. The molecule has 0 bridgehead atoms. The molecule has 20 heavy (non-hydrogen) atoms. The van der Waals surface area contributed by atoms with E-state index in [1.807, 2.05) is 23.1 Å². The van der Waals surface area contributed by atoms with Gasteiger partial charge in [-0.25, -0.2) is 4.98 Å². The molecule has 5 heteroatoms. The van der Waals surface area contributed by atoms with E-state index in [4.69, 9.17) is 11.5 Å². The van der Waals surface area contributed by atoms with Gasteiger partial charge in [0, 0.05) is 18.3 Å². The van der Waals surface area contributed by atoms with Crippen LogP contribution in [-0.4, -0.2) is 11.5 Å². The van der Waals surface area contributed by atoms with E-state index < -0.39 is 0 Å². The van der Waals surface area contributed by atoms with Crippen molar-refractivity contribution in [3.05, 3.63) is 41.5 Å². The Hall–Kier alpha value is -2.74. The monoisotopic (exact) mass is 265 g/mol. The molecule has 0 aliphatic carbocycles. The Morgan fingerprint density at radius 1 is 1.25 bits per heavy atom. The summed E-state index contributed by atoms with van der Waals surface area (Å²) in [7, 11) is 0. The van der Waals surface area contributed by atoms with Crippen LogP contribution in [0.15, 0.2) is 30.3 Å². The predicted octanol–water partition coefficient (Wildman–Crippen LogP) is 2.20. The Balaban J connectivity index is 2.18. The molecule has 2 aromatic rings. The zero-order valence-electron chi connectivity index (χ0n) is 11.0. The van der Waals surface area contributed by atoms with Crippen LogP contribution in [0.1, 0.15) is 17.5 Å². The van der Waals surface area contributed by atoms with Crippen LogP contribution < -0.4 is 16.4 Å². The van der Waals surface area contributed by atoms with Crippen molar-refractivity contribution in [1.82, 2.24) is 4.98 Å². The summed E-state index contributed by atoms with van der Waals surface area (Å²) < 4.78 is 0. The Labute approximate surface area is 117 Å². The van der Waals surface area contributed by atoms with Crippen molar-refractivity contribution in [1.29, 1.82) is 5.26 Å². The number of para-hydroxylation sites is 1. The summed E-state index contributed by atoms with van der Waals surface area (Å²) in [6, 6.07) is 11.8. The Morgan fingerprint density at radius 2 is 2.05 bits per heavy atom. The van der Waals surface area contributed by atoms with Gasteiger partial charge in [-0.2, -0.15) is 5.26 Å². The van der Waals surface area contributed by atoms with Crippen LogP contribution >= 0.6 is 0 Å². The molecule has 0 saturated heterocycles. The van der Waals surface area contributed by atoms with Crippen LogP contribution in [0.5, 0.6) is 0 Å². The standard InChI is InChI=1S/C15H15N5/c16-9-11-12(17)8-14(18)19-15(11)20-7-3-5-10-4-1-2-6-13(10)20/h1-2,4,6,8H,3,5,7H2,(H4,17,18,19). The highest BCUT2D eigenvalue weighted by atomic mass is 15.2. The highest BCUT2D eigenvalue weighted by Crippen LogP contribution is 2.35. The quantitative estimate of drug-likeness (QED) is 0.824. The van der Waals surface area contributed by atoms with Crippen molar-refractivity contribution in [2.75, 3.05) is 22.9 Å². The molecule has 100 valence electrons. The van der Waals surface area contributed by atoms with Gasteiger partial charge in [-0.1, -0.05) is 18.2 Å². The average Bonchev–Trinajstić information content (AvgIpc) is 2.46. The first-order valence-corrected chi connectivity index (χ1v) is 6.52. The first-order chi connectivity index (χ1) is 9.70. The van der Waals surface area contributed by atoms with Gasteiger partial charge in [0.2, 0.25) is 0 Å². The maximum atomic E-state index is 9.33. The fourth-order valence-corrected chi connectivity index (χ4v) is 2.63. The maximum Gasteiger partial charge on any atom is 0.155 e. The highest BCUT2D eigenvalue weighted by molar-refractivity contribution is 5.76. The SMILES string of the molecule is N#Cc1c(N)cc(N)nc1N1CCCc2ccccc21. The molecule has 0 amide bonds. The Bertz CT molecular complexity index is 702. The summed E-state index contributed by atoms with van der Waals surface area (Å²) in [5, 5.41) is 9.33. The number of pyridine rings is 1. The topological polar surface area (TPSA) is 92.0 Å². The van der Waals surface area contributed by atoms with E-state index in [0.29, 0.717) is 22.9 Å². The van der Waals surface area contributed by atoms with Crippen LogP contribution in [0.3, 0.4) is 0 Å². The van der Waals surface area contributed by atoms with Gasteiger partial charge < -0.3 is 16.4 Å². The number of nitrogens with zero attached hydrogens (tertiary/aromatic N) is 3. The van der Waals surface area contributed by atoms with E-state index in [-0.39, 0.29) is 0 Å². The molecule has 2 heterocycles. The van der Waals surface area contributed by atoms with Gasteiger partial charge in [0.05, 0.1) is 5.69 Å². The second kappa shape index (κ2) is 4.74. The van der Waals surface area contributed by atoms with Crippen molar-refractivity contribution in [3.63, 3.8) is 0 Å². The van der Waals surface area contributed by atoms with Crippen molar-refractivity contribution in [3.8, 4) is 6.07 Å². The molecule has 0 fully saturated rings. The third-order valence-corrected chi connectivity index (χ3v) is 3.53. The lowest BCUT2D eigenvalue weighted by Gasteiger charge is -2.31. The molecular weight excluding hydrogens is 250 g/mol. The summed E-state index contributed by atoms with van der Waals surface area (Å²) in [6.45, 7) is 0.807. The number of fused-ring (bicyclic) bond motifs is 1. The number of nitriles is 1. The van der Waals surface area contributed by atoms with E-state index in [9.17, 15) is 5.26 Å². The molecule has 0 spiro atoms. The van der Waals surface area contributed by atoms with Crippen molar-refractivity contribution in [2.45, 2.75) is 12.8 Å². The van der Waals surface area contributed by atoms with Crippen LogP contribution in [0.25, 0.3) is 0 Å². The van der Waals surface area contributed by atoms with Crippen molar-refractivity contribution >= 4 is 23.0 Å². The van der Waals surface area contributed by atoms with E-state index >= 15 is 0 Å². The van der Waals surface area contributed by atoms with Gasteiger partial charge in [0.15, 0.2) is 5.82 Å². The van der Waals surface area contributed by atoms with Crippen LogP contribution in [0.4, 0.5) is 23.0 Å². The number of aryl methyl sites for hydroxylation is 1.